The van der Waals surface area contributed by atoms with Gasteiger partial charge in [0.2, 0.25) is 0 Å². The zero-order valence-corrected chi connectivity index (χ0v) is 17.1. The van der Waals surface area contributed by atoms with Crippen LogP contribution in [0.15, 0.2) is 83.8 Å². The largest absolute Gasteiger partial charge is 0.343 e. The molecule has 4 nitrogen and oxygen atoms in total. The second kappa shape index (κ2) is 6.89. The third-order valence-corrected chi connectivity index (χ3v) is 6.45. The number of thiazole rings is 1. The van der Waals surface area contributed by atoms with E-state index in [0.29, 0.717) is 16.0 Å². The standard InChI is InChI=1S/C25H16FN3OS/c26-19-5-3-4-17(13-19)15-28-11-10-18-12-16(8-9-21(18)28)14-23-24(30)29-22-7-2-1-6-20(22)27-25(29)31-23/h1-14H,15H2/b23-14+. The minimum absolute atomic E-state index is 0.0440. The summed E-state index contributed by atoms with van der Waals surface area (Å²) in [6, 6.07) is 22.5. The number of aromatic nitrogens is 3. The number of fused-ring (bicyclic) bond motifs is 4. The van der Waals surface area contributed by atoms with Crippen LogP contribution in [0.3, 0.4) is 0 Å². The van der Waals surface area contributed by atoms with E-state index in [-0.39, 0.29) is 11.4 Å². The zero-order valence-electron chi connectivity index (χ0n) is 16.3. The van der Waals surface area contributed by atoms with Crippen LogP contribution in [-0.2, 0) is 6.54 Å². The van der Waals surface area contributed by atoms with E-state index in [4.69, 9.17) is 0 Å². The molecule has 0 spiro atoms. The van der Waals surface area contributed by atoms with E-state index < -0.39 is 0 Å². The van der Waals surface area contributed by atoms with Gasteiger partial charge in [0.25, 0.3) is 5.56 Å². The molecule has 0 aliphatic carbocycles. The van der Waals surface area contributed by atoms with E-state index in [0.717, 1.165) is 33.1 Å². The lowest BCUT2D eigenvalue weighted by atomic mass is 10.1. The fourth-order valence-corrected chi connectivity index (χ4v) is 5.03. The molecule has 0 aliphatic rings. The first kappa shape index (κ1) is 18.0. The summed E-state index contributed by atoms with van der Waals surface area (Å²) in [5, 5.41) is 1.07. The Bertz CT molecular complexity index is 1710. The highest BCUT2D eigenvalue weighted by Crippen LogP contribution is 2.20. The Labute approximate surface area is 180 Å². The highest BCUT2D eigenvalue weighted by molar-refractivity contribution is 7.15. The summed E-state index contributed by atoms with van der Waals surface area (Å²) in [4.78, 5) is 18.3. The van der Waals surface area contributed by atoms with Gasteiger partial charge in [-0.2, -0.15) is 0 Å². The van der Waals surface area contributed by atoms with Gasteiger partial charge < -0.3 is 4.57 Å². The van der Waals surface area contributed by atoms with Gasteiger partial charge in [0.15, 0.2) is 4.96 Å². The molecule has 0 aliphatic heterocycles. The van der Waals surface area contributed by atoms with Crippen molar-refractivity contribution < 1.29 is 4.39 Å². The summed E-state index contributed by atoms with van der Waals surface area (Å²) in [7, 11) is 0. The van der Waals surface area contributed by atoms with Crippen LogP contribution in [0.25, 0.3) is 33.0 Å². The average Bonchev–Trinajstić information content (AvgIpc) is 3.41. The Morgan fingerprint density at radius 3 is 2.77 bits per heavy atom. The first-order valence-corrected chi connectivity index (χ1v) is 10.7. The zero-order chi connectivity index (χ0) is 20.9. The minimum Gasteiger partial charge on any atom is -0.343 e. The molecule has 3 heterocycles. The number of para-hydroxylation sites is 2. The van der Waals surface area contributed by atoms with Crippen molar-refractivity contribution >= 4 is 44.3 Å². The summed E-state index contributed by atoms with van der Waals surface area (Å²) < 4.78 is 17.9. The molecule has 3 aromatic heterocycles. The SMILES string of the molecule is O=c1/c(=C\c2ccc3c(ccn3Cc3cccc(F)c3)c2)sc2nc3ccccc3n12. The topological polar surface area (TPSA) is 39.3 Å². The molecule has 0 unspecified atom stereocenters. The van der Waals surface area contributed by atoms with Crippen molar-refractivity contribution in [3.8, 4) is 0 Å². The van der Waals surface area contributed by atoms with E-state index in [2.05, 4.69) is 15.6 Å². The Kier molecular flexibility index (Phi) is 4.01. The predicted octanol–water partition coefficient (Wildman–Crippen LogP) is 4.60. The highest BCUT2D eigenvalue weighted by Gasteiger charge is 2.10. The first-order chi connectivity index (χ1) is 15.2. The van der Waals surface area contributed by atoms with Crippen molar-refractivity contribution in [3.63, 3.8) is 0 Å². The van der Waals surface area contributed by atoms with Gasteiger partial charge in [-0.3, -0.25) is 4.79 Å². The second-order valence-corrected chi connectivity index (χ2v) is 8.54. The van der Waals surface area contributed by atoms with Crippen molar-refractivity contribution in [2.45, 2.75) is 6.54 Å². The predicted molar refractivity (Wildman–Crippen MR) is 123 cm³/mol. The van der Waals surface area contributed by atoms with Crippen molar-refractivity contribution in [1.29, 1.82) is 0 Å². The fraction of sp³-hybridized carbons (Fsp3) is 0.0400. The first-order valence-electron chi connectivity index (χ1n) is 9.91. The summed E-state index contributed by atoms with van der Waals surface area (Å²) in [5.74, 6) is -0.227. The maximum absolute atomic E-state index is 13.5. The molecule has 31 heavy (non-hydrogen) atoms. The molecule has 0 atom stereocenters. The number of rotatable bonds is 3. The molecule has 150 valence electrons. The molecule has 6 rings (SSSR count). The number of halogens is 1. The van der Waals surface area contributed by atoms with Crippen molar-refractivity contribution in [2.24, 2.45) is 0 Å². The Hall–Kier alpha value is -3.77. The number of nitrogens with zero attached hydrogens (tertiary/aromatic N) is 3. The molecule has 0 radical (unpaired) electrons. The lowest BCUT2D eigenvalue weighted by molar-refractivity contribution is 0.624. The molecular formula is C25H16FN3OS. The number of hydrogen-bond acceptors (Lipinski definition) is 3. The van der Waals surface area contributed by atoms with Crippen LogP contribution in [0.1, 0.15) is 11.1 Å². The van der Waals surface area contributed by atoms with Crippen LogP contribution in [0.5, 0.6) is 0 Å². The molecule has 3 aromatic carbocycles. The van der Waals surface area contributed by atoms with E-state index >= 15 is 0 Å². The summed E-state index contributed by atoms with van der Waals surface area (Å²) >= 11 is 1.40. The maximum Gasteiger partial charge on any atom is 0.274 e. The van der Waals surface area contributed by atoms with Crippen LogP contribution in [0.2, 0.25) is 0 Å². The van der Waals surface area contributed by atoms with Gasteiger partial charge >= 0.3 is 0 Å². The van der Waals surface area contributed by atoms with Gasteiger partial charge in [-0.05, 0) is 59.7 Å². The van der Waals surface area contributed by atoms with E-state index in [1.54, 1.807) is 16.5 Å². The molecule has 0 N–H and O–H groups in total. The minimum atomic E-state index is -0.227. The molecular weight excluding hydrogens is 409 g/mol. The average molecular weight is 425 g/mol. The third-order valence-electron chi connectivity index (χ3n) is 5.48. The van der Waals surface area contributed by atoms with Crippen molar-refractivity contribution in [1.82, 2.24) is 14.0 Å². The van der Waals surface area contributed by atoms with Gasteiger partial charge in [-0.15, -0.1) is 0 Å². The molecule has 6 aromatic rings. The lowest BCUT2D eigenvalue weighted by Crippen LogP contribution is -2.22. The molecule has 0 bridgehead atoms. The summed E-state index contributed by atoms with van der Waals surface area (Å²) in [6.07, 6.45) is 3.92. The van der Waals surface area contributed by atoms with Gasteiger partial charge in [-0.25, -0.2) is 13.8 Å². The molecule has 0 fully saturated rings. The Morgan fingerprint density at radius 1 is 0.968 bits per heavy atom. The quantitative estimate of drug-likeness (QED) is 0.416. The van der Waals surface area contributed by atoms with E-state index in [1.165, 1.54) is 17.4 Å². The van der Waals surface area contributed by atoms with E-state index in [9.17, 15) is 9.18 Å². The third kappa shape index (κ3) is 3.04. The number of benzene rings is 3. The molecule has 0 saturated heterocycles. The summed E-state index contributed by atoms with van der Waals surface area (Å²) in [5.41, 5.74) is 4.56. The maximum atomic E-state index is 13.5. The fourth-order valence-electron chi connectivity index (χ4n) is 4.04. The normalized spacial score (nSPS) is 12.5. The molecule has 6 heteroatoms. The number of hydrogen-bond donors (Lipinski definition) is 0. The van der Waals surface area contributed by atoms with Gasteiger partial charge in [0.1, 0.15) is 5.82 Å². The lowest BCUT2D eigenvalue weighted by Gasteiger charge is -2.06. The summed E-state index contributed by atoms with van der Waals surface area (Å²) in [6.45, 7) is 0.601. The van der Waals surface area contributed by atoms with Gasteiger partial charge in [0.05, 0.1) is 15.6 Å². The van der Waals surface area contributed by atoms with Crippen LogP contribution < -0.4 is 10.1 Å². The van der Waals surface area contributed by atoms with Crippen LogP contribution in [0.4, 0.5) is 4.39 Å². The molecule has 0 amide bonds. The van der Waals surface area contributed by atoms with Crippen molar-refractivity contribution in [2.75, 3.05) is 0 Å². The van der Waals surface area contributed by atoms with Crippen LogP contribution in [-0.4, -0.2) is 14.0 Å². The monoisotopic (exact) mass is 425 g/mol. The number of imidazole rings is 1. The highest BCUT2D eigenvalue weighted by atomic mass is 32.1. The van der Waals surface area contributed by atoms with Crippen molar-refractivity contribution in [3.05, 3.63) is 111 Å². The smallest absolute Gasteiger partial charge is 0.274 e. The second-order valence-electron chi connectivity index (χ2n) is 7.53. The van der Waals surface area contributed by atoms with E-state index in [1.807, 2.05) is 60.8 Å². The Balaban J connectivity index is 1.41. The van der Waals surface area contributed by atoms with Gasteiger partial charge in [-0.1, -0.05) is 41.7 Å². The van der Waals surface area contributed by atoms with Crippen LogP contribution in [0, 0.1) is 5.82 Å². The Morgan fingerprint density at radius 2 is 1.87 bits per heavy atom. The van der Waals surface area contributed by atoms with Gasteiger partial charge in [0, 0.05) is 23.6 Å². The molecule has 0 saturated carbocycles. The van der Waals surface area contributed by atoms with Crippen LogP contribution >= 0.6 is 11.3 Å².